The number of carbonyl (C=O) groups is 1. The number of anilines is 3. The monoisotopic (exact) mass is 470 g/mol. The first-order chi connectivity index (χ1) is 17.0. The average Bonchev–Trinajstić information content (AvgIpc) is 3.31. The molecule has 5 rings (SSSR count). The molecule has 0 fully saturated rings. The fraction of sp³-hybridized carbons (Fsp3) is 0.240. The Morgan fingerprint density at radius 1 is 1.14 bits per heavy atom. The fourth-order valence-corrected chi connectivity index (χ4v) is 4.08. The quantitative estimate of drug-likeness (QED) is 0.324. The van der Waals surface area contributed by atoms with Gasteiger partial charge in [-0.05, 0) is 42.7 Å². The summed E-state index contributed by atoms with van der Waals surface area (Å²) in [6.45, 7) is 2.38. The van der Waals surface area contributed by atoms with E-state index < -0.39 is 0 Å². The highest BCUT2D eigenvalue weighted by molar-refractivity contribution is 5.97. The molecule has 3 heterocycles. The lowest BCUT2D eigenvalue weighted by Crippen LogP contribution is -2.34. The molecule has 1 amide bonds. The average molecular weight is 471 g/mol. The van der Waals surface area contributed by atoms with Gasteiger partial charge in [0.15, 0.2) is 5.82 Å². The second kappa shape index (κ2) is 9.51. The van der Waals surface area contributed by atoms with E-state index in [2.05, 4.69) is 30.8 Å². The van der Waals surface area contributed by atoms with Crippen molar-refractivity contribution in [2.75, 3.05) is 30.8 Å². The van der Waals surface area contributed by atoms with Crippen molar-refractivity contribution >= 4 is 23.4 Å². The van der Waals surface area contributed by atoms with Crippen LogP contribution in [-0.4, -0.2) is 61.3 Å². The van der Waals surface area contributed by atoms with E-state index in [0.29, 0.717) is 35.5 Å². The van der Waals surface area contributed by atoms with Crippen LogP contribution < -0.4 is 10.6 Å². The van der Waals surface area contributed by atoms with Crippen LogP contribution in [-0.2, 0) is 6.42 Å². The molecule has 0 bridgehead atoms. The maximum Gasteiger partial charge on any atom is 0.253 e. The summed E-state index contributed by atoms with van der Waals surface area (Å²) >= 11 is 0. The molecule has 2 aromatic carbocycles. The summed E-state index contributed by atoms with van der Waals surface area (Å²) < 4.78 is 0. The van der Waals surface area contributed by atoms with Gasteiger partial charge in [0.1, 0.15) is 11.6 Å². The van der Waals surface area contributed by atoms with E-state index in [4.69, 9.17) is 4.98 Å². The molecule has 0 aliphatic carbocycles. The molecule has 0 spiro atoms. The molecule has 0 saturated carbocycles. The molecule has 10 nitrogen and oxygen atoms in total. The summed E-state index contributed by atoms with van der Waals surface area (Å²) in [7, 11) is 1.81. The lowest BCUT2D eigenvalue weighted by atomic mass is 9.99. The van der Waals surface area contributed by atoms with Crippen LogP contribution in [0, 0.1) is 6.92 Å². The number of aromatic amines is 1. The molecule has 4 aromatic rings. The Labute approximate surface area is 202 Å². The van der Waals surface area contributed by atoms with Gasteiger partial charge in [-0.2, -0.15) is 10.1 Å². The standard InChI is InChI=1S/C25H26N8O2/c1-15-27-23(32-31-15)20-13-26-25(30-22(20)29-21(14-34)16-6-4-3-5-7-16)28-18-8-9-19-17(12-18)10-11-33(2)24(19)35/h3-9,12-13,21,34H,10-11,14H2,1-2H3,(H,27,31,32)(H2,26,28,29,30)/t21-/m1/s1. The summed E-state index contributed by atoms with van der Waals surface area (Å²) in [6.07, 6.45) is 2.44. The first-order valence-electron chi connectivity index (χ1n) is 11.4. The van der Waals surface area contributed by atoms with Crippen molar-refractivity contribution in [3.8, 4) is 11.4 Å². The molecule has 2 aromatic heterocycles. The van der Waals surface area contributed by atoms with Crippen LogP contribution >= 0.6 is 0 Å². The molecule has 10 heteroatoms. The van der Waals surface area contributed by atoms with Gasteiger partial charge in [-0.3, -0.25) is 9.89 Å². The highest BCUT2D eigenvalue weighted by Gasteiger charge is 2.22. The number of aromatic nitrogens is 5. The number of benzene rings is 2. The number of nitrogens with one attached hydrogen (secondary N) is 3. The Balaban J connectivity index is 1.47. The lowest BCUT2D eigenvalue weighted by molar-refractivity contribution is 0.0781. The van der Waals surface area contributed by atoms with Gasteiger partial charge in [0.2, 0.25) is 5.95 Å². The minimum Gasteiger partial charge on any atom is -0.394 e. The van der Waals surface area contributed by atoms with Crippen molar-refractivity contribution in [3.63, 3.8) is 0 Å². The number of aryl methyl sites for hydroxylation is 1. The number of carbonyl (C=O) groups excluding carboxylic acids is 1. The molecule has 0 unspecified atom stereocenters. The van der Waals surface area contributed by atoms with Gasteiger partial charge in [0.05, 0.1) is 18.2 Å². The van der Waals surface area contributed by atoms with Gasteiger partial charge >= 0.3 is 0 Å². The zero-order valence-electron chi connectivity index (χ0n) is 19.5. The lowest BCUT2D eigenvalue weighted by Gasteiger charge is -2.25. The van der Waals surface area contributed by atoms with Gasteiger partial charge in [-0.25, -0.2) is 9.97 Å². The molecule has 0 radical (unpaired) electrons. The number of fused-ring (bicyclic) bond motifs is 1. The van der Waals surface area contributed by atoms with Crippen LogP contribution in [0.2, 0.25) is 0 Å². The number of likely N-dealkylation sites (N-methyl/N-ethyl adjacent to an activating group) is 1. The number of aliphatic hydroxyl groups is 1. The minimum absolute atomic E-state index is 0.0302. The van der Waals surface area contributed by atoms with Crippen molar-refractivity contribution in [1.82, 2.24) is 30.0 Å². The van der Waals surface area contributed by atoms with E-state index in [-0.39, 0.29) is 18.6 Å². The smallest absolute Gasteiger partial charge is 0.253 e. The Kier molecular flexibility index (Phi) is 6.11. The van der Waals surface area contributed by atoms with Gasteiger partial charge < -0.3 is 20.6 Å². The van der Waals surface area contributed by atoms with E-state index >= 15 is 0 Å². The third-order valence-electron chi connectivity index (χ3n) is 5.98. The molecule has 0 saturated heterocycles. The topological polar surface area (TPSA) is 132 Å². The number of amides is 1. The van der Waals surface area contributed by atoms with Crippen LogP contribution in [0.15, 0.2) is 54.7 Å². The first kappa shape index (κ1) is 22.5. The predicted molar refractivity (Wildman–Crippen MR) is 132 cm³/mol. The molecule has 1 atom stereocenters. The minimum atomic E-state index is -0.385. The van der Waals surface area contributed by atoms with Crippen molar-refractivity contribution in [1.29, 1.82) is 0 Å². The molecule has 35 heavy (non-hydrogen) atoms. The van der Waals surface area contributed by atoms with Gasteiger partial charge in [0.25, 0.3) is 5.91 Å². The van der Waals surface area contributed by atoms with Crippen molar-refractivity contribution < 1.29 is 9.90 Å². The van der Waals surface area contributed by atoms with Crippen molar-refractivity contribution in [2.24, 2.45) is 0 Å². The third-order valence-corrected chi connectivity index (χ3v) is 5.98. The number of H-pyrrole nitrogens is 1. The van der Waals surface area contributed by atoms with Gasteiger partial charge in [0, 0.05) is 31.0 Å². The van der Waals surface area contributed by atoms with Crippen LogP contribution in [0.4, 0.5) is 17.5 Å². The van der Waals surface area contributed by atoms with Crippen molar-refractivity contribution in [2.45, 2.75) is 19.4 Å². The van der Waals surface area contributed by atoms with Crippen LogP contribution in [0.25, 0.3) is 11.4 Å². The SMILES string of the molecule is Cc1nc(-c2cnc(Nc3ccc4c(c3)CCN(C)C4=O)nc2N[C@H](CO)c2ccccc2)n[nH]1. The van der Waals surface area contributed by atoms with Gasteiger partial charge in [-0.15, -0.1) is 0 Å². The van der Waals surface area contributed by atoms with E-state index in [1.807, 2.05) is 62.5 Å². The maximum atomic E-state index is 12.4. The Bertz CT molecular complexity index is 1350. The Morgan fingerprint density at radius 2 is 1.97 bits per heavy atom. The summed E-state index contributed by atoms with van der Waals surface area (Å²) in [4.78, 5) is 27.7. The van der Waals surface area contributed by atoms with E-state index in [1.54, 1.807) is 11.1 Å². The van der Waals surface area contributed by atoms with Crippen LogP contribution in [0.1, 0.15) is 33.4 Å². The van der Waals surface area contributed by atoms with E-state index in [1.165, 1.54) is 0 Å². The van der Waals surface area contributed by atoms with E-state index in [0.717, 1.165) is 28.8 Å². The third kappa shape index (κ3) is 4.69. The number of aliphatic hydroxyl groups excluding tert-OH is 1. The number of hydrogen-bond donors (Lipinski definition) is 4. The summed E-state index contributed by atoms with van der Waals surface area (Å²) in [5.74, 6) is 2.01. The second-order valence-corrected chi connectivity index (χ2v) is 8.46. The zero-order chi connectivity index (χ0) is 24.4. The Morgan fingerprint density at radius 3 is 2.71 bits per heavy atom. The number of hydrogen-bond acceptors (Lipinski definition) is 8. The molecule has 178 valence electrons. The molecule has 4 N–H and O–H groups in total. The van der Waals surface area contributed by atoms with Crippen LogP contribution in [0.5, 0.6) is 0 Å². The van der Waals surface area contributed by atoms with E-state index in [9.17, 15) is 9.90 Å². The second-order valence-electron chi connectivity index (χ2n) is 8.46. The van der Waals surface area contributed by atoms with Crippen molar-refractivity contribution in [3.05, 3.63) is 77.2 Å². The molecule has 1 aliphatic heterocycles. The maximum absolute atomic E-state index is 12.4. The Hall–Kier alpha value is -4.31. The zero-order valence-corrected chi connectivity index (χ0v) is 19.5. The molecule has 1 aliphatic rings. The normalized spacial score (nSPS) is 13.9. The fourth-order valence-electron chi connectivity index (χ4n) is 4.08. The summed E-state index contributed by atoms with van der Waals surface area (Å²) in [5.41, 5.74) is 4.03. The number of rotatable bonds is 7. The summed E-state index contributed by atoms with van der Waals surface area (Å²) in [5, 5.41) is 23.7. The highest BCUT2D eigenvalue weighted by Crippen LogP contribution is 2.29. The largest absolute Gasteiger partial charge is 0.394 e. The predicted octanol–water partition coefficient (Wildman–Crippen LogP) is 3.09. The first-order valence-corrected chi connectivity index (χ1v) is 11.4. The highest BCUT2D eigenvalue weighted by atomic mass is 16.3. The molecular weight excluding hydrogens is 444 g/mol. The van der Waals surface area contributed by atoms with Gasteiger partial charge in [-0.1, -0.05) is 30.3 Å². The summed E-state index contributed by atoms with van der Waals surface area (Å²) in [6, 6.07) is 14.9. The number of nitrogens with zero attached hydrogens (tertiary/aromatic N) is 5. The van der Waals surface area contributed by atoms with Crippen LogP contribution in [0.3, 0.4) is 0 Å². The molecular formula is C25H26N8O2.